The topological polar surface area (TPSA) is 82.6 Å². The highest BCUT2D eigenvalue weighted by molar-refractivity contribution is 5.68. The fraction of sp³-hybridized carbons (Fsp3) is 0.733. The molecule has 0 bridgehead atoms. The smallest absolute Gasteiger partial charge is 0.410 e. The predicted molar refractivity (Wildman–Crippen MR) is 83.9 cm³/mol. The second-order valence-electron chi connectivity index (χ2n) is 6.50. The number of nitrogens with two attached hydrogens (primary N) is 1. The van der Waals surface area contributed by atoms with Crippen LogP contribution in [0.15, 0.2) is 6.20 Å². The maximum Gasteiger partial charge on any atom is 0.410 e. The van der Waals surface area contributed by atoms with Crippen LogP contribution in [0.4, 0.5) is 10.5 Å². The van der Waals surface area contributed by atoms with Gasteiger partial charge in [0.1, 0.15) is 11.3 Å². The summed E-state index contributed by atoms with van der Waals surface area (Å²) in [6, 6.07) is 0.232. The van der Waals surface area contributed by atoms with E-state index in [1.165, 1.54) is 0 Å². The van der Waals surface area contributed by atoms with Gasteiger partial charge >= 0.3 is 6.09 Å². The molecule has 1 fully saturated rings. The molecule has 2 heterocycles. The van der Waals surface area contributed by atoms with Gasteiger partial charge in [0.05, 0.1) is 18.8 Å². The van der Waals surface area contributed by atoms with Crippen molar-refractivity contribution < 1.29 is 14.3 Å². The minimum absolute atomic E-state index is 0.232. The highest BCUT2D eigenvalue weighted by Crippen LogP contribution is 2.27. The Labute approximate surface area is 131 Å². The summed E-state index contributed by atoms with van der Waals surface area (Å²) < 4.78 is 12.6. The van der Waals surface area contributed by atoms with Crippen LogP contribution in [0.3, 0.4) is 0 Å². The van der Waals surface area contributed by atoms with Crippen molar-refractivity contribution in [3.63, 3.8) is 0 Å². The van der Waals surface area contributed by atoms with Crippen molar-refractivity contribution in [3.8, 4) is 5.88 Å². The third-order valence-electron chi connectivity index (χ3n) is 3.50. The number of carbonyl (C=O) groups excluding carboxylic acids is 1. The zero-order chi connectivity index (χ0) is 16.3. The first-order chi connectivity index (χ1) is 10.3. The normalized spacial score (nSPS) is 16.6. The Bertz CT molecular complexity index is 513. The molecule has 0 aromatic carbocycles. The van der Waals surface area contributed by atoms with E-state index in [1.807, 2.05) is 32.4 Å². The Balaban J connectivity index is 1.92. The molecule has 0 atom stereocenters. The molecule has 7 heteroatoms. The summed E-state index contributed by atoms with van der Waals surface area (Å²) in [7, 11) is 0. The summed E-state index contributed by atoms with van der Waals surface area (Å²) in [4.78, 5) is 13.8. The van der Waals surface area contributed by atoms with Gasteiger partial charge in [-0.1, -0.05) is 0 Å². The van der Waals surface area contributed by atoms with E-state index in [2.05, 4.69) is 5.10 Å². The summed E-state index contributed by atoms with van der Waals surface area (Å²) in [5, 5.41) is 4.39. The second-order valence-corrected chi connectivity index (χ2v) is 6.50. The number of nitrogens with zero attached hydrogens (tertiary/aromatic N) is 3. The maximum absolute atomic E-state index is 12.0. The quantitative estimate of drug-likeness (QED) is 0.927. The van der Waals surface area contributed by atoms with Crippen LogP contribution in [-0.4, -0.2) is 46.1 Å². The Morgan fingerprint density at radius 3 is 2.59 bits per heavy atom. The van der Waals surface area contributed by atoms with E-state index < -0.39 is 5.60 Å². The lowest BCUT2D eigenvalue weighted by atomic mass is 10.1. The predicted octanol–water partition coefficient (Wildman–Crippen LogP) is 2.44. The lowest BCUT2D eigenvalue weighted by Crippen LogP contribution is -2.42. The first-order valence-electron chi connectivity index (χ1n) is 7.75. The first kappa shape index (κ1) is 16.5. The number of aromatic nitrogens is 2. The van der Waals surface area contributed by atoms with E-state index in [-0.39, 0.29) is 12.1 Å². The summed E-state index contributed by atoms with van der Waals surface area (Å²) in [5.74, 6) is 0.483. The summed E-state index contributed by atoms with van der Waals surface area (Å²) in [6.07, 6.45) is 3.21. The molecule has 2 rings (SSSR count). The molecule has 0 radical (unpaired) electrons. The van der Waals surface area contributed by atoms with Gasteiger partial charge in [-0.05, 0) is 40.5 Å². The van der Waals surface area contributed by atoms with Crippen LogP contribution in [0, 0.1) is 0 Å². The van der Waals surface area contributed by atoms with Crippen molar-refractivity contribution >= 4 is 11.8 Å². The van der Waals surface area contributed by atoms with Crippen LogP contribution < -0.4 is 10.5 Å². The van der Waals surface area contributed by atoms with Gasteiger partial charge in [-0.25, -0.2) is 4.79 Å². The van der Waals surface area contributed by atoms with E-state index in [0.717, 1.165) is 12.8 Å². The van der Waals surface area contributed by atoms with Crippen LogP contribution in [0.2, 0.25) is 0 Å². The first-order valence-corrected chi connectivity index (χ1v) is 7.75. The molecule has 22 heavy (non-hydrogen) atoms. The molecule has 0 unspecified atom stereocenters. The number of piperidine rings is 1. The number of likely N-dealkylation sites (tertiary alicyclic amines) is 1. The van der Waals surface area contributed by atoms with Crippen molar-refractivity contribution in [2.24, 2.45) is 0 Å². The molecular weight excluding hydrogens is 284 g/mol. The number of carbonyl (C=O) groups is 1. The average Bonchev–Trinajstić information content (AvgIpc) is 2.79. The lowest BCUT2D eigenvalue weighted by molar-refractivity contribution is 0.0184. The number of hydrogen-bond donors (Lipinski definition) is 1. The van der Waals surface area contributed by atoms with Crippen molar-refractivity contribution in [2.45, 2.75) is 52.2 Å². The van der Waals surface area contributed by atoms with Gasteiger partial charge < -0.3 is 20.1 Å². The molecule has 0 aliphatic carbocycles. The summed E-state index contributed by atoms with van der Waals surface area (Å²) >= 11 is 0. The second kappa shape index (κ2) is 6.46. The highest BCUT2D eigenvalue weighted by atomic mass is 16.6. The molecule has 1 aliphatic heterocycles. The zero-order valence-corrected chi connectivity index (χ0v) is 13.8. The number of amides is 1. The Morgan fingerprint density at radius 1 is 1.41 bits per heavy atom. The van der Waals surface area contributed by atoms with Gasteiger partial charge in [0.25, 0.3) is 5.88 Å². The number of ether oxygens (including phenoxy) is 2. The Hall–Kier alpha value is -1.92. The average molecular weight is 310 g/mol. The maximum atomic E-state index is 12.0. The lowest BCUT2D eigenvalue weighted by Gasteiger charge is -2.33. The highest BCUT2D eigenvalue weighted by Gasteiger charge is 2.28. The molecule has 124 valence electrons. The van der Waals surface area contributed by atoms with Gasteiger partial charge in [-0.3, -0.25) is 4.68 Å². The minimum atomic E-state index is -0.462. The largest absolute Gasteiger partial charge is 0.475 e. The molecule has 1 saturated heterocycles. The SMILES string of the molecule is CCOc1nn(C2CCN(C(=O)OC(C)(C)C)CC2)cc1N. The van der Waals surface area contributed by atoms with E-state index in [4.69, 9.17) is 15.2 Å². The summed E-state index contributed by atoms with van der Waals surface area (Å²) in [5.41, 5.74) is 5.98. The van der Waals surface area contributed by atoms with Crippen molar-refractivity contribution in [1.29, 1.82) is 0 Å². The van der Waals surface area contributed by atoms with Gasteiger partial charge in [0.2, 0.25) is 0 Å². The standard InChI is InChI=1S/C15H26N4O3/c1-5-21-13-12(16)10-19(17-13)11-6-8-18(9-7-11)14(20)22-15(2,3)4/h10-11H,5-9,16H2,1-4H3. The molecule has 0 saturated carbocycles. The molecule has 7 nitrogen and oxygen atoms in total. The van der Waals surface area contributed by atoms with Crippen LogP contribution in [-0.2, 0) is 4.74 Å². The Kier molecular flexibility index (Phi) is 4.83. The van der Waals surface area contributed by atoms with Crippen LogP contribution in [0.1, 0.15) is 46.6 Å². The van der Waals surface area contributed by atoms with Crippen LogP contribution in [0.25, 0.3) is 0 Å². The molecule has 1 aromatic rings. The minimum Gasteiger partial charge on any atom is -0.475 e. The van der Waals surface area contributed by atoms with E-state index in [1.54, 1.807) is 11.1 Å². The number of nitrogen functional groups attached to an aromatic ring is 1. The van der Waals surface area contributed by atoms with Gasteiger partial charge in [-0.15, -0.1) is 5.10 Å². The van der Waals surface area contributed by atoms with Crippen LogP contribution >= 0.6 is 0 Å². The number of rotatable bonds is 3. The summed E-state index contributed by atoms with van der Waals surface area (Å²) in [6.45, 7) is 9.38. The molecule has 1 aliphatic rings. The van der Waals surface area contributed by atoms with Crippen LogP contribution in [0.5, 0.6) is 5.88 Å². The third kappa shape index (κ3) is 4.05. The number of hydrogen-bond acceptors (Lipinski definition) is 5. The molecule has 1 aromatic heterocycles. The van der Waals surface area contributed by atoms with Gasteiger partial charge in [-0.2, -0.15) is 0 Å². The third-order valence-corrected chi connectivity index (χ3v) is 3.50. The molecular formula is C15H26N4O3. The van der Waals surface area contributed by atoms with Crippen molar-refractivity contribution in [2.75, 3.05) is 25.4 Å². The van der Waals surface area contributed by atoms with E-state index in [0.29, 0.717) is 31.3 Å². The monoisotopic (exact) mass is 310 g/mol. The van der Waals surface area contributed by atoms with E-state index in [9.17, 15) is 4.79 Å². The van der Waals surface area contributed by atoms with E-state index >= 15 is 0 Å². The number of anilines is 1. The fourth-order valence-corrected chi connectivity index (χ4v) is 2.46. The molecule has 1 amide bonds. The van der Waals surface area contributed by atoms with Crippen molar-refractivity contribution in [1.82, 2.24) is 14.7 Å². The zero-order valence-electron chi connectivity index (χ0n) is 13.8. The van der Waals surface area contributed by atoms with Crippen molar-refractivity contribution in [3.05, 3.63) is 6.20 Å². The molecule has 0 spiro atoms. The fourth-order valence-electron chi connectivity index (χ4n) is 2.46. The Morgan fingerprint density at radius 2 is 2.05 bits per heavy atom. The van der Waals surface area contributed by atoms with Gasteiger partial charge in [0, 0.05) is 13.1 Å². The van der Waals surface area contributed by atoms with Gasteiger partial charge in [0.15, 0.2) is 0 Å². The molecule has 2 N–H and O–H groups in total.